The van der Waals surface area contributed by atoms with Crippen LogP contribution in [0.25, 0.3) is 0 Å². The third kappa shape index (κ3) is 1.87. The fourth-order valence-electron chi connectivity index (χ4n) is 2.75. The van der Waals surface area contributed by atoms with Crippen molar-refractivity contribution in [3.63, 3.8) is 0 Å². The van der Waals surface area contributed by atoms with Gasteiger partial charge in [0.1, 0.15) is 5.82 Å². The van der Waals surface area contributed by atoms with E-state index in [1.54, 1.807) is 0 Å². The van der Waals surface area contributed by atoms with E-state index in [1.165, 1.54) is 30.8 Å². The maximum atomic E-state index is 5.97. The lowest BCUT2D eigenvalue weighted by atomic mass is 10.0. The first-order chi connectivity index (χ1) is 7.83. The van der Waals surface area contributed by atoms with Crippen LogP contribution in [0.2, 0.25) is 0 Å². The number of nitrogens with zero attached hydrogens (tertiary/aromatic N) is 2. The number of piperidine rings is 1. The van der Waals surface area contributed by atoms with E-state index in [0.29, 0.717) is 12.1 Å². The van der Waals surface area contributed by atoms with Crippen molar-refractivity contribution in [3.05, 3.63) is 17.7 Å². The maximum absolute atomic E-state index is 5.97. The Morgan fingerprint density at radius 1 is 1.38 bits per heavy atom. The molecule has 0 amide bonds. The first-order valence-electron chi connectivity index (χ1n) is 6.38. The molecule has 3 N–H and O–H groups in total. The molecular formula is C12H20N4. The van der Waals surface area contributed by atoms with E-state index < -0.39 is 0 Å². The summed E-state index contributed by atoms with van der Waals surface area (Å²) in [6.45, 7) is 2.17. The van der Waals surface area contributed by atoms with Crippen molar-refractivity contribution in [2.24, 2.45) is 5.73 Å². The summed E-state index contributed by atoms with van der Waals surface area (Å²) in [5.41, 5.74) is 7.19. The highest BCUT2D eigenvalue weighted by Crippen LogP contribution is 2.24. The number of aromatic nitrogens is 2. The van der Waals surface area contributed by atoms with E-state index in [2.05, 4.69) is 16.1 Å². The van der Waals surface area contributed by atoms with Crippen molar-refractivity contribution in [2.45, 2.75) is 50.7 Å². The molecule has 1 aromatic heterocycles. The van der Waals surface area contributed by atoms with Crippen LogP contribution in [-0.2, 0) is 13.0 Å². The second-order valence-corrected chi connectivity index (χ2v) is 5.03. The van der Waals surface area contributed by atoms with E-state index in [0.717, 1.165) is 25.9 Å². The van der Waals surface area contributed by atoms with Gasteiger partial charge in [-0.25, -0.2) is 4.98 Å². The minimum absolute atomic E-state index is 0.307. The van der Waals surface area contributed by atoms with Crippen LogP contribution in [-0.4, -0.2) is 22.1 Å². The van der Waals surface area contributed by atoms with E-state index in [-0.39, 0.29) is 0 Å². The molecule has 4 nitrogen and oxygen atoms in total. The zero-order chi connectivity index (χ0) is 11.0. The Bertz CT molecular complexity index is 365. The highest BCUT2D eigenvalue weighted by Gasteiger charge is 2.22. The largest absolute Gasteiger partial charge is 0.334 e. The fourth-order valence-corrected chi connectivity index (χ4v) is 2.75. The van der Waals surface area contributed by atoms with Crippen molar-refractivity contribution in [2.75, 3.05) is 6.54 Å². The molecular weight excluding hydrogens is 200 g/mol. The monoisotopic (exact) mass is 220 g/mol. The van der Waals surface area contributed by atoms with Crippen LogP contribution >= 0.6 is 0 Å². The van der Waals surface area contributed by atoms with Crippen molar-refractivity contribution in [1.29, 1.82) is 0 Å². The molecule has 16 heavy (non-hydrogen) atoms. The number of hydrogen-bond donors (Lipinski definition) is 2. The number of rotatable bonds is 1. The molecule has 88 valence electrons. The Morgan fingerprint density at radius 2 is 2.31 bits per heavy atom. The lowest BCUT2D eigenvalue weighted by Crippen LogP contribution is -2.30. The van der Waals surface area contributed by atoms with Crippen LogP contribution in [0.3, 0.4) is 0 Å². The quantitative estimate of drug-likeness (QED) is 0.741. The Balaban J connectivity index is 1.80. The van der Waals surface area contributed by atoms with Gasteiger partial charge >= 0.3 is 0 Å². The van der Waals surface area contributed by atoms with E-state index >= 15 is 0 Å². The minimum Gasteiger partial charge on any atom is -0.334 e. The molecule has 2 atom stereocenters. The van der Waals surface area contributed by atoms with Crippen LogP contribution in [0.5, 0.6) is 0 Å². The normalized spacial score (nSPS) is 30.1. The molecule has 1 fully saturated rings. The van der Waals surface area contributed by atoms with E-state index in [4.69, 9.17) is 10.7 Å². The van der Waals surface area contributed by atoms with E-state index in [9.17, 15) is 0 Å². The molecule has 0 spiro atoms. The molecule has 1 saturated heterocycles. The zero-order valence-corrected chi connectivity index (χ0v) is 9.65. The molecule has 0 saturated carbocycles. The summed E-state index contributed by atoms with van der Waals surface area (Å²) in [6, 6.07) is 0.783. The first kappa shape index (κ1) is 10.3. The highest BCUT2D eigenvalue weighted by molar-refractivity contribution is 5.12. The van der Waals surface area contributed by atoms with Gasteiger partial charge in [-0.05, 0) is 25.8 Å². The highest BCUT2D eigenvalue weighted by atomic mass is 15.1. The van der Waals surface area contributed by atoms with E-state index in [1.807, 2.05) is 0 Å². The van der Waals surface area contributed by atoms with Gasteiger partial charge < -0.3 is 15.6 Å². The van der Waals surface area contributed by atoms with Crippen LogP contribution in [0.4, 0.5) is 0 Å². The number of nitrogens with two attached hydrogens (primary N) is 1. The minimum atomic E-state index is 0.307. The van der Waals surface area contributed by atoms with Crippen molar-refractivity contribution in [3.8, 4) is 0 Å². The third-order valence-corrected chi connectivity index (χ3v) is 3.73. The van der Waals surface area contributed by atoms with Crippen molar-refractivity contribution in [1.82, 2.24) is 14.9 Å². The summed E-state index contributed by atoms with van der Waals surface area (Å²) >= 11 is 0. The van der Waals surface area contributed by atoms with Crippen LogP contribution < -0.4 is 11.1 Å². The molecule has 3 heterocycles. The lowest BCUT2D eigenvalue weighted by Gasteiger charge is -2.21. The summed E-state index contributed by atoms with van der Waals surface area (Å²) in [5, 5.41) is 3.55. The van der Waals surface area contributed by atoms with Gasteiger partial charge in [-0.2, -0.15) is 0 Å². The third-order valence-electron chi connectivity index (χ3n) is 3.73. The number of imidazole rings is 1. The van der Waals surface area contributed by atoms with Gasteiger partial charge in [0, 0.05) is 25.2 Å². The number of hydrogen-bond acceptors (Lipinski definition) is 3. The summed E-state index contributed by atoms with van der Waals surface area (Å²) in [6.07, 6.45) is 8.09. The number of nitrogens with one attached hydrogen (secondary N) is 1. The van der Waals surface area contributed by atoms with Crippen LogP contribution in [0.15, 0.2) is 6.20 Å². The van der Waals surface area contributed by atoms with Gasteiger partial charge in [-0.1, -0.05) is 6.42 Å². The second-order valence-electron chi connectivity index (χ2n) is 5.03. The molecule has 2 aliphatic rings. The molecule has 0 aliphatic carbocycles. The zero-order valence-electron chi connectivity index (χ0n) is 9.65. The van der Waals surface area contributed by atoms with Gasteiger partial charge in [0.25, 0.3) is 0 Å². The number of aryl methyl sites for hydroxylation is 1. The molecule has 4 heteroatoms. The average molecular weight is 220 g/mol. The topological polar surface area (TPSA) is 55.9 Å². The number of fused-ring (bicyclic) bond motifs is 1. The molecule has 0 radical (unpaired) electrons. The van der Waals surface area contributed by atoms with Crippen molar-refractivity contribution < 1.29 is 0 Å². The predicted molar refractivity (Wildman–Crippen MR) is 63.1 cm³/mol. The second kappa shape index (κ2) is 4.18. The lowest BCUT2D eigenvalue weighted by molar-refractivity contribution is 0.406. The van der Waals surface area contributed by atoms with Crippen molar-refractivity contribution >= 4 is 0 Å². The molecule has 2 unspecified atom stereocenters. The maximum Gasteiger partial charge on any atom is 0.110 e. The van der Waals surface area contributed by atoms with Gasteiger partial charge in [0.2, 0.25) is 0 Å². The SMILES string of the molecule is NC1CCn2cc(C3CCCCN3)nc2C1. The molecule has 0 bridgehead atoms. The predicted octanol–water partition coefficient (Wildman–Crippen LogP) is 0.971. The first-order valence-corrected chi connectivity index (χ1v) is 6.38. The summed E-state index contributed by atoms with van der Waals surface area (Å²) in [7, 11) is 0. The Kier molecular flexibility index (Phi) is 2.69. The Morgan fingerprint density at radius 3 is 3.12 bits per heavy atom. The van der Waals surface area contributed by atoms with Gasteiger partial charge in [0.05, 0.1) is 11.7 Å². The summed E-state index contributed by atoms with van der Waals surface area (Å²) in [4.78, 5) is 4.75. The summed E-state index contributed by atoms with van der Waals surface area (Å²) in [5.74, 6) is 1.18. The Hall–Kier alpha value is -0.870. The van der Waals surface area contributed by atoms with Gasteiger partial charge in [-0.3, -0.25) is 0 Å². The van der Waals surface area contributed by atoms with Gasteiger partial charge in [0.15, 0.2) is 0 Å². The fraction of sp³-hybridized carbons (Fsp3) is 0.750. The van der Waals surface area contributed by atoms with Crippen LogP contribution in [0, 0.1) is 0 Å². The smallest absolute Gasteiger partial charge is 0.110 e. The molecule has 3 rings (SSSR count). The summed E-state index contributed by atoms with van der Waals surface area (Å²) < 4.78 is 2.29. The molecule has 2 aliphatic heterocycles. The Labute approximate surface area is 96.2 Å². The molecule has 1 aromatic rings. The van der Waals surface area contributed by atoms with Gasteiger partial charge in [-0.15, -0.1) is 0 Å². The average Bonchev–Trinajstić information content (AvgIpc) is 2.73. The molecule has 0 aromatic carbocycles. The standard InChI is InChI=1S/C12H20N4/c13-9-4-6-16-8-11(15-12(16)7-9)10-3-1-2-5-14-10/h8-10,14H,1-7,13H2. The van der Waals surface area contributed by atoms with Crippen LogP contribution in [0.1, 0.15) is 43.2 Å².